The SMILES string of the molecule is CCN[C@H](C)CNC(=O)CC1CC2CCC1C2.Cl. The van der Waals surface area contributed by atoms with E-state index in [1.165, 1.54) is 25.7 Å². The second kappa shape index (κ2) is 7.34. The van der Waals surface area contributed by atoms with Gasteiger partial charge in [-0.15, -0.1) is 12.4 Å². The first-order valence-electron chi connectivity index (χ1n) is 7.19. The largest absolute Gasteiger partial charge is 0.355 e. The Balaban J connectivity index is 0.00000162. The minimum absolute atomic E-state index is 0. The predicted octanol–water partition coefficient (Wildman–Crippen LogP) is 2.35. The van der Waals surface area contributed by atoms with Gasteiger partial charge in [0.1, 0.15) is 0 Å². The number of hydrogen-bond donors (Lipinski definition) is 2. The van der Waals surface area contributed by atoms with Gasteiger partial charge in [-0.3, -0.25) is 4.79 Å². The highest BCUT2D eigenvalue weighted by Crippen LogP contribution is 2.49. The minimum atomic E-state index is 0. The molecule has 0 heterocycles. The van der Waals surface area contributed by atoms with E-state index in [4.69, 9.17) is 0 Å². The van der Waals surface area contributed by atoms with Crippen LogP contribution in [0.5, 0.6) is 0 Å². The first-order valence-corrected chi connectivity index (χ1v) is 7.19. The van der Waals surface area contributed by atoms with Crippen molar-refractivity contribution in [2.75, 3.05) is 13.1 Å². The molecule has 3 unspecified atom stereocenters. The van der Waals surface area contributed by atoms with Gasteiger partial charge in [0.25, 0.3) is 0 Å². The molecule has 0 aromatic rings. The number of nitrogens with one attached hydrogen (secondary N) is 2. The lowest BCUT2D eigenvalue weighted by atomic mass is 9.86. The number of carbonyl (C=O) groups excluding carboxylic acids is 1. The summed E-state index contributed by atoms with van der Waals surface area (Å²) in [6, 6.07) is 0.379. The van der Waals surface area contributed by atoms with Crippen molar-refractivity contribution in [3.63, 3.8) is 0 Å². The molecule has 2 N–H and O–H groups in total. The standard InChI is InChI=1S/C14H26N2O.ClH/c1-3-15-10(2)9-16-14(17)8-13-7-11-4-5-12(13)6-11;/h10-13,15H,3-9H2,1-2H3,(H,16,17);1H/t10-,11?,12?,13?;/m1./s1. The van der Waals surface area contributed by atoms with E-state index in [1.54, 1.807) is 0 Å². The lowest BCUT2D eigenvalue weighted by Crippen LogP contribution is -2.39. The fourth-order valence-electron chi connectivity index (χ4n) is 3.62. The molecule has 2 aliphatic carbocycles. The van der Waals surface area contributed by atoms with Crippen LogP contribution in [0.3, 0.4) is 0 Å². The first-order chi connectivity index (χ1) is 8.19. The summed E-state index contributed by atoms with van der Waals surface area (Å²) in [6.45, 7) is 5.92. The van der Waals surface area contributed by atoms with Crippen LogP contribution >= 0.6 is 12.4 Å². The molecule has 18 heavy (non-hydrogen) atoms. The van der Waals surface area contributed by atoms with E-state index in [2.05, 4.69) is 24.5 Å². The second-order valence-electron chi connectivity index (χ2n) is 5.90. The Morgan fingerprint density at radius 2 is 2.11 bits per heavy atom. The first kappa shape index (κ1) is 15.8. The lowest BCUT2D eigenvalue weighted by Gasteiger charge is -2.21. The lowest BCUT2D eigenvalue weighted by molar-refractivity contribution is -0.122. The molecule has 0 spiro atoms. The molecule has 106 valence electrons. The summed E-state index contributed by atoms with van der Waals surface area (Å²) in [5.74, 6) is 2.74. The molecule has 2 bridgehead atoms. The summed E-state index contributed by atoms with van der Waals surface area (Å²) in [6.07, 6.45) is 6.25. The summed E-state index contributed by atoms with van der Waals surface area (Å²) >= 11 is 0. The Morgan fingerprint density at radius 3 is 2.67 bits per heavy atom. The van der Waals surface area contributed by atoms with Gasteiger partial charge >= 0.3 is 0 Å². The van der Waals surface area contributed by atoms with E-state index in [9.17, 15) is 4.79 Å². The molecule has 3 nitrogen and oxygen atoms in total. The molecule has 0 saturated heterocycles. The fraction of sp³-hybridized carbons (Fsp3) is 0.929. The van der Waals surface area contributed by atoms with Crippen molar-refractivity contribution < 1.29 is 4.79 Å². The second-order valence-corrected chi connectivity index (χ2v) is 5.90. The van der Waals surface area contributed by atoms with Crippen molar-refractivity contribution in [2.24, 2.45) is 17.8 Å². The van der Waals surface area contributed by atoms with Crippen molar-refractivity contribution in [2.45, 2.75) is 52.0 Å². The summed E-state index contributed by atoms with van der Waals surface area (Å²) < 4.78 is 0. The molecule has 2 rings (SSSR count). The van der Waals surface area contributed by atoms with Crippen molar-refractivity contribution in [3.05, 3.63) is 0 Å². The molecule has 2 saturated carbocycles. The number of carbonyl (C=O) groups is 1. The maximum absolute atomic E-state index is 11.8. The van der Waals surface area contributed by atoms with Crippen molar-refractivity contribution in [1.29, 1.82) is 0 Å². The van der Waals surface area contributed by atoms with Gasteiger partial charge < -0.3 is 10.6 Å². The Morgan fingerprint density at radius 1 is 1.33 bits per heavy atom. The smallest absolute Gasteiger partial charge is 0.220 e. The van der Waals surface area contributed by atoms with Crippen LogP contribution in [0, 0.1) is 17.8 Å². The van der Waals surface area contributed by atoms with Crippen LogP contribution in [0.2, 0.25) is 0 Å². The molecule has 0 aliphatic heterocycles. The maximum atomic E-state index is 11.8. The van der Waals surface area contributed by atoms with E-state index in [0.29, 0.717) is 12.0 Å². The molecule has 2 fully saturated rings. The highest BCUT2D eigenvalue weighted by molar-refractivity contribution is 5.85. The average Bonchev–Trinajstić information content (AvgIpc) is 2.88. The third-order valence-corrected chi connectivity index (χ3v) is 4.49. The topological polar surface area (TPSA) is 41.1 Å². The van der Waals surface area contributed by atoms with Crippen LogP contribution in [0.1, 0.15) is 46.0 Å². The fourth-order valence-corrected chi connectivity index (χ4v) is 3.62. The molecule has 1 amide bonds. The van der Waals surface area contributed by atoms with E-state index >= 15 is 0 Å². The molecule has 2 aliphatic rings. The zero-order valence-corrected chi connectivity index (χ0v) is 12.4. The third kappa shape index (κ3) is 4.13. The van der Waals surface area contributed by atoms with Gasteiger partial charge in [-0.1, -0.05) is 13.3 Å². The van der Waals surface area contributed by atoms with E-state index in [-0.39, 0.29) is 18.3 Å². The summed E-state index contributed by atoms with van der Waals surface area (Å²) in [7, 11) is 0. The van der Waals surface area contributed by atoms with Gasteiger partial charge in [-0.2, -0.15) is 0 Å². The number of likely N-dealkylation sites (N-methyl/N-ethyl adjacent to an activating group) is 1. The maximum Gasteiger partial charge on any atom is 0.220 e. The summed E-state index contributed by atoms with van der Waals surface area (Å²) in [5.41, 5.74) is 0. The van der Waals surface area contributed by atoms with Gasteiger partial charge in [-0.25, -0.2) is 0 Å². The van der Waals surface area contributed by atoms with Crippen LogP contribution in [-0.2, 0) is 4.79 Å². The van der Waals surface area contributed by atoms with Crippen LogP contribution in [0.15, 0.2) is 0 Å². The molecule has 0 aromatic carbocycles. The van der Waals surface area contributed by atoms with Crippen LogP contribution in [0.25, 0.3) is 0 Å². The summed E-state index contributed by atoms with van der Waals surface area (Å²) in [4.78, 5) is 11.8. The monoisotopic (exact) mass is 274 g/mol. The van der Waals surface area contributed by atoms with E-state index in [0.717, 1.165) is 31.3 Å². The third-order valence-electron chi connectivity index (χ3n) is 4.49. The van der Waals surface area contributed by atoms with Gasteiger partial charge in [0.2, 0.25) is 5.91 Å². The normalized spacial score (nSPS) is 30.9. The van der Waals surface area contributed by atoms with Crippen LogP contribution in [-0.4, -0.2) is 25.0 Å². The molecule has 0 aromatic heterocycles. The number of hydrogen-bond acceptors (Lipinski definition) is 2. The number of fused-ring (bicyclic) bond motifs is 2. The number of rotatable bonds is 6. The molecule has 4 heteroatoms. The van der Waals surface area contributed by atoms with Crippen LogP contribution < -0.4 is 10.6 Å². The molecular weight excluding hydrogens is 248 g/mol. The van der Waals surface area contributed by atoms with Gasteiger partial charge in [0.05, 0.1) is 0 Å². The molecule has 0 radical (unpaired) electrons. The highest BCUT2D eigenvalue weighted by atomic mass is 35.5. The molecule has 4 atom stereocenters. The molecular formula is C14H27ClN2O. The average molecular weight is 275 g/mol. The van der Waals surface area contributed by atoms with Crippen molar-refractivity contribution in [1.82, 2.24) is 10.6 Å². The Hall–Kier alpha value is -0.280. The predicted molar refractivity (Wildman–Crippen MR) is 77.0 cm³/mol. The van der Waals surface area contributed by atoms with Gasteiger partial charge in [0, 0.05) is 19.0 Å². The van der Waals surface area contributed by atoms with Crippen LogP contribution in [0.4, 0.5) is 0 Å². The minimum Gasteiger partial charge on any atom is -0.355 e. The van der Waals surface area contributed by atoms with Crippen molar-refractivity contribution in [3.8, 4) is 0 Å². The Kier molecular flexibility index (Phi) is 6.44. The summed E-state index contributed by atoms with van der Waals surface area (Å²) in [5, 5.41) is 6.36. The quantitative estimate of drug-likeness (QED) is 0.781. The zero-order valence-electron chi connectivity index (χ0n) is 11.6. The van der Waals surface area contributed by atoms with E-state index < -0.39 is 0 Å². The van der Waals surface area contributed by atoms with Gasteiger partial charge in [0.15, 0.2) is 0 Å². The van der Waals surface area contributed by atoms with Crippen molar-refractivity contribution >= 4 is 18.3 Å². The number of amides is 1. The van der Waals surface area contributed by atoms with Gasteiger partial charge in [-0.05, 0) is 50.5 Å². The highest BCUT2D eigenvalue weighted by Gasteiger charge is 2.39. The number of halogens is 1. The zero-order chi connectivity index (χ0) is 12.3. The Labute approximate surface area is 117 Å². The Bertz CT molecular complexity index is 273. The van der Waals surface area contributed by atoms with E-state index in [1.807, 2.05) is 0 Å².